The summed E-state index contributed by atoms with van der Waals surface area (Å²) in [5.74, 6) is 0. The molecule has 0 spiro atoms. The number of hydrogen-bond acceptors (Lipinski definition) is 2. The van der Waals surface area contributed by atoms with Gasteiger partial charge in [0, 0.05) is 5.02 Å². The number of hydrogen-bond donors (Lipinski definition) is 1. The molecular formula is C14H11ClN2O2S. The van der Waals surface area contributed by atoms with E-state index < -0.39 is 10.0 Å². The zero-order valence-electron chi connectivity index (χ0n) is 10.6. The summed E-state index contributed by atoms with van der Waals surface area (Å²) in [5.41, 5.74) is 1.49. The van der Waals surface area contributed by atoms with Gasteiger partial charge in [0.05, 0.1) is 17.2 Å². The Morgan fingerprint density at radius 3 is 2.40 bits per heavy atom. The first-order chi connectivity index (χ1) is 9.44. The first-order valence-electron chi connectivity index (χ1n) is 5.69. The van der Waals surface area contributed by atoms with Crippen molar-refractivity contribution in [3.05, 3.63) is 64.5 Å². The third kappa shape index (κ3) is 2.93. The number of halogens is 1. The zero-order chi connectivity index (χ0) is 14.8. The van der Waals surface area contributed by atoms with Crippen LogP contribution in [-0.2, 0) is 10.0 Å². The summed E-state index contributed by atoms with van der Waals surface area (Å²) in [5, 5.41) is 0.494. The SMILES string of the molecule is [C-]#[N+]c1ccc(S(=O)(=O)Nc2cccc(Cl)c2C)cc1. The molecule has 0 saturated heterocycles. The smallest absolute Gasteiger partial charge is 0.261 e. The standard InChI is InChI=1S/C14H11ClN2O2S/c1-10-13(15)4-3-5-14(10)17-20(18,19)12-8-6-11(16-2)7-9-12/h3-9,17H,1H3. The number of anilines is 1. The third-order valence-corrected chi connectivity index (χ3v) is 4.58. The van der Waals surface area contributed by atoms with Gasteiger partial charge in [-0.2, -0.15) is 0 Å². The maximum absolute atomic E-state index is 12.2. The van der Waals surface area contributed by atoms with Crippen molar-refractivity contribution in [2.45, 2.75) is 11.8 Å². The van der Waals surface area contributed by atoms with Gasteiger partial charge in [0.25, 0.3) is 10.0 Å². The van der Waals surface area contributed by atoms with Gasteiger partial charge in [0.1, 0.15) is 0 Å². The highest BCUT2D eigenvalue weighted by Crippen LogP contribution is 2.26. The Hall–Kier alpha value is -2.03. The number of rotatable bonds is 3. The molecule has 2 aromatic carbocycles. The minimum Gasteiger partial charge on any atom is -0.279 e. The molecule has 6 heteroatoms. The normalized spacial score (nSPS) is 10.8. The molecule has 0 bridgehead atoms. The van der Waals surface area contributed by atoms with Crippen LogP contribution in [0.3, 0.4) is 0 Å². The molecule has 0 heterocycles. The predicted octanol–water partition coefficient (Wildman–Crippen LogP) is 4.00. The molecule has 0 aromatic heterocycles. The van der Waals surface area contributed by atoms with E-state index in [1.54, 1.807) is 25.1 Å². The predicted molar refractivity (Wildman–Crippen MR) is 79.7 cm³/mol. The van der Waals surface area contributed by atoms with E-state index in [4.69, 9.17) is 18.2 Å². The van der Waals surface area contributed by atoms with Gasteiger partial charge in [-0.15, -0.1) is 0 Å². The number of nitrogens with zero attached hydrogens (tertiary/aromatic N) is 1. The summed E-state index contributed by atoms with van der Waals surface area (Å²) in [7, 11) is -3.69. The Morgan fingerprint density at radius 2 is 1.80 bits per heavy atom. The van der Waals surface area contributed by atoms with Crippen LogP contribution in [0.1, 0.15) is 5.56 Å². The average Bonchev–Trinajstić information content (AvgIpc) is 2.44. The van der Waals surface area contributed by atoms with E-state index in [-0.39, 0.29) is 4.90 Å². The lowest BCUT2D eigenvalue weighted by atomic mass is 10.2. The lowest BCUT2D eigenvalue weighted by Crippen LogP contribution is -2.13. The molecule has 102 valence electrons. The molecule has 0 aliphatic carbocycles. The van der Waals surface area contributed by atoms with Crippen molar-refractivity contribution in [3.63, 3.8) is 0 Å². The van der Waals surface area contributed by atoms with Crippen molar-refractivity contribution >= 4 is 33.0 Å². The highest BCUT2D eigenvalue weighted by molar-refractivity contribution is 7.92. The second-order valence-corrected chi connectivity index (χ2v) is 6.21. The van der Waals surface area contributed by atoms with E-state index in [1.165, 1.54) is 24.3 Å². The highest BCUT2D eigenvalue weighted by Gasteiger charge is 2.15. The monoisotopic (exact) mass is 306 g/mol. The lowest BCUT2D eigenvalue weighted by molar-refractivity contribution is 0.601. The molecule has 1 N–H and O–H groups in total. The molecule has 2 aromatic rings. The summed E-state index contributed by atoms with van der Waals surface area (Å²) in [6.07, 6.45) is 0. The summed E-state index contributed by atoms with van der Waals surface area (Å²) < 4.78 is 27.0. The van der Waals surface area contributed by atoms with E-state index in [2.05, 4.69) is 9.57 Å². The van der Waals surface area contributed by atoms with Gasteiger partial charge in [-0.25, -0.2) is 13.3 Å². The summed E-state index contributed by atoms with van der Waals surface area (Å²) in [6.45, 7) is 8.58. The largest absolute Gasteiger partial charge is 0.279 e. The second kappa shape index (κ2) is 5.53. The molecule has 0 atom stereocenters. The molecule has 0 saturated carbocycles. The van der Waals surface area contributed by atoms with Gasteiger partial charge in [-0.1, -0.05) is 41.9 Å². The fraction of sp³-hybridized carbons (Fsp3) is 0.0714. The number of nitrogens with one attached hydrogen (secondary N) is 1. The summed E-state index contributed by atoms with van der Waals surface area (Å²) >= 11 is 5.96. The molecule has 0 fully saturated rings. The quantitative estimate of drug-likeness (QED) is 0.871. The number of sulfonamides is 1. The van der Waals surface area contributed by atoms with Gasteiger partial charge in [-0.05, 0) is 24.6 Å². The van der Waals surface area contributed by atoms with E-state index in [0.717, 1.165) is 0 Å². The van der Waals surface area contributed by atoms with Gasteiger partial charge in [-0.3, -0.25) is 4.72 Å². The van der Waals surface area contributed by atoms with Crippen molar-refractivity contribution in [2.75, 3.05) is 4.72 Å². The van der Waals surface area contributed by atoms with Crippen LogP contribution in [0.25, 0.3) is 4.85 Å². The Kier molecular flexibility index (Phi) is 3.98. The van der Waals surface area contributed by atoms with E-state index >= 15 is 0 Å². The summed E-state index contributed by atoms with van der Waals surface area (Å²) in [6, 6.07) is 10.7. The van der Waals surface area contributed by atoms with Crippen LogP contribution >= 0.6 is 11.6 Å². The van der Waals surface area contributed by atoms with E-state index in [1.807, 2.05) is 0 Å². The van der Waals surface area contributed by atoms with Gasteiger partial charge in [0.2, 0.25) is 0 Å². The topological polar surface area (TPSA) is 50.5 Å². The Labute approximate surface area is 122 Å². The number of benzene rings is 2. The summed E-state index contributed by atoms with van der Waals surface area (Å²) in [4.78, 5) is 3.32. The molecule has 0 unspecified atom stereocenters. The Bertz CT molecular complexity index is 778. The van der Waals surface area contributed by atoms with Gasteiger partial charge in [0.15, 0.2) is 5.69 Å². The Morgan fingerprint density at radius 1 is 1.15 bits per heavy atom. The van der Waals surface area contributed by atoms with Crippen molar-refractivity contribution in [1.29, 1.82) is 0 Å². The lowest BCUT2D eigenvalue weighted by Gasteiger charge is -2.11. The van der Waals surface area contributed by atoms with Crippen LogP contribution in [0.15, 0.2) is 47.4 Å². The molecule has 0 amide bonds. The first kappa shape index (κ1) is 14.4. The van der Waals surface area contributed by atoms with Crippen LogP contribution in [0.5, 0.6) is 0 Å². The van der Waals surface area contributed by atoms with E-state index in [9.17, 15) is 8.42 Å². The average molecular weight is 307 g/mol. The van der Waals surface area contributed by atoms with Crippen molar-refractivity contribution in [1.82, 2.24) is 0 Å². The molecule has 0 aliphatic rings. The highest BCUT2D eigenvalue weighted by atomic mass is 35.5. The minimum absolute atomic E-state index is 0.101. The molecule has 0 aliphatic heterocycles. The van der Waals surface area contributed by atoms with E-state index in [0.29, 0.717) is 22.0 Å². The fourth-order valence-corrected chi connectivity index (χ4v) is 2.92. The fourth-order valence-electron chi connectivity index (χ4n) is 1.62. The van der Waals surface area contributed by atoms with Crippen molar-refractivity contribution in [3.8, 4) is 0 Å². The van der Waals surface area contributed by atoms with Crippen molar-refractivity contribution in [2.24, 2.45) is 0 Å². The minimum atomic E-state index is -3.69. The van der Waals surface area contributed by atoms with Crippen molar-refractivity contribution < 1.29 is 8.42 Å². The molecule has 20 heavy (non-hydrogen) atoms. The third-order valence-electron chi connectivity index (χ3n) is 2.79. The second-order valence-electron chi connectivity index (χ2n) is 4.12. The van der Waals surface area contributed by atoms with Crippen LogP contribution in [-0.4, -0.2) is 8.42 Å². The Balaban J connectivity index is 2.36. The maximum atomic E-state index is 12.2. The molecule has 0 radical (unpaired) electrons. The van der Waals surface area contributed by atoms with Gasteiger partial charge >= 0.3 is 0 Å². The van der Waals surface area contributed by atoms with Gasteiger partial charge < -0.3 is 0 Å². The molecule has 2 rings (SSSR count). The van der Waals surface area contributed by atoms with Crippen LogP contribution in [0.4, 0.5) is 11.4 Å². The zero-order valence-corrected chi connectivity index (χ0v) is 12.2. The molecule has 4 nitrogen and oxygen atoms in total. The maximum Gasteiger partial charge on any atom is 0.261 e. The van der Waals surface area contributed by atoms with Crippen LogP contribution in [0.2, 0.25) is 5.02 Å². The first-order valence-corrected chi connectivity index (χ1v) is 7.55. The molecular weight excluding hydrogens is 296 g/mol. The van der Waals surface area contributed by atoms with Crippen LogP contribution < -0.4 is 4.72 Å². The van der Waals surface area contributed by atoms with Crippen LogP contribution in [0, 0.1) is 13.5 Å².